The Labute approximate surface area is 116 Å². The summed E-state index contributed by atoms with van der Waals surface area (Å²) in [5.41, 5.74) is 2.12. The van der Waals surface area contributed by atoms with Crippen LogP contribution < -0.4 is 10.2 Å². The van der Waals surface area contributed by atoms with Gasteiger partial charge < -0.3 is 10.2 Å². The highest BCUT2D eigenvalue weighted by Gasteiger charge is 2.30. The van der Waals surface area contributed by atoms with Gasteiger partial charge in [-0.1, -0.05) is 45.2 Å². The van der Waals surface area contributed by atoms with Crippen LogP contribution in [0.5, 0.6) is 0 Å². The SMILES string of the molecule is CCCCCCN1C(=O)C(CC)Nc2ccccc21. The summed E-state index contributed by atoms with van der Waals surface area (Å²) >= 11 is 0. The molecule has 0 aliphatic carbocycles. The van der Waals surface area contributed by atoms with E-state index in [9.17, 15) is 4.79 Å². The van der Waals surface area contributed by atoms with Gasteiger partial charge in [0, 0.05) is 6.54 Å². The molecule has 0 bridgehead atoms. The zero-order chi connectivity index (χ0) is 13.7. The van der Waals surface area contributed by atoms with Gasteiger partial charge in [0.25, 0.3) is 0 Å². The lowest BCUT2D eigenvalue weighted by molar-refractivity contribution is -0.119. The fourth-order valence-electron chi connectivity index (χ4n) is 2.59. The summed E-state index contributed by atoms with van der Waals surface area (Å²) in [5, 5.41) is 3.34. The third kappa shape index (κ3) is 3.09. The van der Waals surface area contributed by atoms with Crippen LogP contribution in [0.25, 0.3) is 0 Å². The number of nitrogens with zero attached hydrogens (tertiary/aromatic N) is 1. The van der Waals surface area contributed by atoms with Crippen LogP contribution in [0.2, 0.25) is 0 Å². The van der Waals surface area contributed by atoms with Gasteiger partial charge in [0.2, 0.25) is 5.91 Å². The summed E-state index contributed by atoms with van der Waals surface area (Å²) in [6.45, 7) is 5.10. The first-order valence-electron chi connectivity index (χ1n) is 7.44. The minimum atomic E-state index is -0.0684. The van der Waals surface area contributed by atoms with E-state index in [0.717, 1.165) is 30.8 Å². The lowest BCUT2D eigenvalue weighted by Gasteiger charge is -2.35. The van der Waals surface area contributed by atoms with Gasteiger partial charge in [0.1, 0.15) is 6.04 Å². The second-order valence-electron chi connectivity index (χ2n) is 5.17. The van der Waals surface area contributed by atoms with Gasteiger partial charge in [0.05, 0.1) is 11.4 Å². The summed E-state index contributed by atoms with van der Waals surface area (Å²) < 4.78 is 0. The molecule has 0 fully saturated rings. The first-order chi connectivity index (χ1) is 9.27. The number of para-hydroxylation sites is 2. The van der Waals surface area contributed by atoms with E-state index >= 15 is 0 Å². The van der Waals surface area contributed by atoms with Crippen LogP contribution in [0.1, 0.15) is 46.0 Å². The van der Waals surface area contributed by atoms with Gasteiger partial charge in [-0.05, 0) is 25.0 Å². The molecule has 1 heterocycles. The van der Waals surface area contributed by atoms with Gasteiger partial charge in [-0.15, -0.1) is 0 Å². The molecular weight excluding hydrogens is 236 g/mol. The van der Waals surface area contributed by atoms with Crippen LogP contribution in [-0.2, 0) is 4.79 Å². The number of benzene rings is 1. The molecule has 0 aromatic heterocycles. The number of rotatable bonds is 6. The van der Waals surface area contributed by atoms with Crippen molar-refractivity contribution >= 4 is 17.3 Å². The molecule has 1 amide bonds. The lowest BCUT2D eigenvalue weighted by atomic mass is 10.1. The van der Waals surface area contributed by atoms with E-state index in [2.05, 4.69) is 25.2 Å². The standard InChI is InChI=1S/C16H24N2O/c1-3-5-6-9-12-18-15-11-8-7-10-14(15)17-13(4-2)16(18)19/h7-8,10-11,13,17H,3-6,9,12H2,1-2H3. The third-order valence-corrected chi connectivity index (χ3v) is 3.73. The van der Waals surface area contributed by atoms with E-state index in [4.69, 9.17) is 0 Å². The molecule has 1 aliphatic heterocycles. The maximum Gasteiger partial charge on any atom is 0.249 e. The molecule has 0 saturated heterocycles. The van der Waals surface area contributed by atoms with Crippen LogP contribution in [0.15, 0.2) is 24.3 Å². The molecule has 1 unspecified atom stereocenters. The van der Waals surface area contributed by atoms with E-state index in [0.29, 0.717) is 0 Å². The monoisotopic (exact) mass is 260 g/mol. The number of hydrogen-bond acceptors (Lipinski definition) is 2. The summed E-state index contributed by atoms with van der Waals surface area (Å²) in [6, 6.07) is 8.04. The number of anilines is 2. The van der Waals surface area contributed by atoms with E-state index < -0.39 is 0 Å². The molecule has 1 aromatic carbocycles. The molecule has 19 heavy (non-hydrogen) atoms. The molecule has 2 rings (SSSR count). The first kappa shape index (κ1) is 13.9. The summed E-state index contributed by atoms with van der Waals surface area (Å²) in [4.78, 5) is 14.4. The minimum absolute atomic E-state index is 0.0684. The average Bonchev–Trinajstić information content (AvgIpc) is 2.45. The Morgan fingerprint density at radius 2 is 1.95 bits per heavy atom. The Kier molecular flexibility index (Phi) is 4.83. The van der Waals surface area contributed by atoms with Crippen molar-refractivity contribution in [3.05, 3.63) is 24.3 Å². The molecular formula is C16H24N2O. The van der Waals surface area contributed by atoms with Crippen molar-refractivity contribution in [3.63, 3.8) is 0 Å². The smallest absolute Gasteiger partial charge is 0.249 e. The largest absolute Gasteiger partial charge is 0.372 e. The van der Waals surface area contributed by atoms with E-state index in [-0.39, 0.29) is 11.9 Å². The topological polar surface area (TPSA) is 32.3 Å². The molecule has 3 nitrogen and oxygen atoms in total. The number of hydrogen-bond donors (Lipinski definition) is 1. The Bertz CT molecular complexity index is 431. The van der Waals surface area contributed by atoms with Crippen molar-refractivity contribution in [2.24, 2.45) is 0 Å². The number of carbonyl (C=O) groups excluding carboxylic acids is 1. The quantitative estimate of drug-likeness (QED) is 0.789. The summed E-state index contributed by atoms with van der Waals surface area (Å²) in [7, 11) is 0. The second kappa shape index (κ2) is 6.60. The van der Waals surface area contributed by atoms with Crippen molar-refractivity contribution in [1.82, 2.24) is 0 Å². The van der Waals surface area contributed by atoms with Gasteiger partial charge in [-0.25, -0.2) is 0 Å². The van der Waals surface area contributed by atoms with Gasteiger partial charge in [-0.2, -0.15) is 0 Å². The maximum atomic E-state index is 12.4. The van der Waals surface area contributed by atoms with E-state index in [1.165, 1.54) is 19.3 Å². The maximum absolute atomic E-state index is 12.4. The minimum Gasteiger partial charge on any atom is -0.372 e. The van der Waals surface area contributed by atoms with Gasteiger partial charge in [0.15, 0.2) is 0 Å². The van der Waals surface area contributed by atoms with Crippen LogP contribution in [-0.4, -0.2) is 18.5 Å². The Morgan fingerprint density at radius 1 is 1.16 bits per heavy atom. The first-order valence-corrected chi connectivity index (χ1v) is 7.44. The molecule has 1 aliphatic rings. The number of amides is 1. The van der Waals surface area contributed by atoms with Crippen LogP contribution in [0.3, 0.4) is 0 Å². The van der Waals surface area contributed by atoms with Crippen molar-refractivity contribution in [3.8, 4) is 0 Å². The summed E-state index contributed by atoms with van der Waals surface area (Å²) in [5.74, 6) is 0.220. The third-order valence-electron chi connectivity index (χ3n) is 3.73. The molecule has 0 radical (unpaired) electrons. The Hall–Kier alpha value is -1.51. The highest BCUT2D eigenvalue weighted by Crippen LogP contribution is 2.32. The number of nitrogens with one attached hydrogen (secondary N) is 1. The molecule has 1 N–H and O–H groups in total. The molecule has 104 valence electrons. The highest BCUT2D eigenvalue weighted by molar-refractivity contribution is 6.04. The normalized spacial score (nSPS) is 18.1. The van der Waals surface area contributed by atoms with Gasteiger partial charge in [-0.3, -0.25) is 4.79 Å². The van der Waals surface area contributed by atoms with Crippen molar-refractivity contribution in [2.75, 3.05) is 16.8 Å². The summed E-state index contributed by atoms with van der Waals surface area (Å²) in [6.07, 6.45) is 5.60. The number of fused-ring (bicyclic) bond motifs is 1. The second-order valence-corrected chi connectivity index (χ2v) is 5.17. The molecule has 0 spiro atoms. The van der Waals surface area contributed by atoms with Crippen molar-refractivity contribution in [1.29, 1.82) is 0 Å². The van der Waals surface area contributed by atoms with Crippen LogP contribution >= 0.6 is 0 Å². The Balaban J connectivity index is 2.12. The predicted octanol–water partition coefficient (Wildman–Crippen LogP) is 3.80. The zero-order valence-electron chi connectivity index (χ0n) is 12.0. The van der Waals surface area contributed by atoms with Gasteiger partial charge >= 0.3 is 0 Å². The number of unbranched alkanes of at least 4 members (excludes halogenated alkanes) is 3. The predicted molar refractivity (Wildman–Crippen MR) is 80.6 cm³/mol. The van der Waals surface area contributed by atoms with Crippen molar-refractivity contribution in [2.45, 2.75) is 52.0 Å². The zero-order valence-corrected chi connectivity index (χ0v) is 12.0. The molecule has 1 atom stereocenters. The average molecular weight is 260 g/mol. The molecule has 3 heteroatoms. The fourth-order valence-corrected chi connectivity index (χ4v) is 2.59. The highest BCUT2D eigenvalue weighted by atomic mass is 16.2. The fraction of sp³-hybridized carbons (Fsp3) is 0.562. The van der Waals surface area contributed by atoms with Crippen LogP contribution in [0.4, 0.5) is 11.4 Å². The number of carbonyl (C=O) groups is 1. The van der Waals surface area contributed by atoms with E-state index in [1.54, 1.807) is 0 Å². The van der Waals surface area contributed by atoms with Crippen LogP contribution in [0, 0.1) is 0 Å². The molecule has 1 aromatic rings. The van der Waals surface area contributed by atoms with Crippen molar-refractivity contribution < 1.29 is 4.79 Å². The Morgan fingerprint density at radius 3 is 2.68 bits per heavy atom. The van der Waals surface area contributed by atoms with E-state index in [1.807, 2.05) is 23.1 Å². The molecule has 0 saturated carbocycles. The lowest BCUT2D eigenvalue weighted by Crippen LogP contribution is -2.47.